The number of hydrogen-bond donors (Lipinski definition) is 1. The van der Waals surface area contributed by atoms with Gasteiger partial charge in [-0.25, -0.2) is 4.39 Å². The molecule has 0 saturated heterocycles. The summed E-state index contributed by atoms with van der Waals surface area (Å²) in [5, 5.41) is 2.92. The van der Waals surface area contributed by atoms with E-state index in [-0.39, 0.29) is 17.6 Å². The lowest BCUT2D eigenvalue weighted by molar-refractivity contribution is -0.121. The maximum atomic E-state index is 13.1. The summed E-state index contributed by atoms with van der Waals surface area (Å²) in [7, 11) is 0. The highest BCUT2D eigenvalue weighted by atomic mass is 19.1. The monoisotopic (exact) mass is 352 g/mol. The molecule has 1 rings (SSSR count). The molecule has 1 atom stereocenters. The molecule has 25 heavy (non-hydrogen) atoms. The number of carbonyl (C=O) groups excluding carboxylic acids is 1. The highest BCUT2D eigenvalue weighted by Crippen LogP contribution is 2.25. The molecule has 0 heterocycles. The van der Waals surface area contributed by atoms with Gasteiger partial charge in [-0.05, 0) is 43.1 Å². The van der Waals surface area contributed by atoms with Crippen LogP contribution in [0.1, 0.15) is 51.5 Å². The van der Waals surface area contributed by atoms with Crippen LogP contribution in [0, 0.1) is 5.82 Å². The molecule has 1 unspecified atom stereocenters. The molecule has 0 fully saturated rings. The molecule has 0 aromatic heterocycles. The minimum absolute atomic E-state index is 0.0233. The summed E-state index contributed by atoms with van der Waals surface area (Å²) in [5.41, 5.74) is 1.02. The van der Waals surface area contributed by atoms with Gasteiger partial charge in [-0.3, -0.25) is 4.79 Å². The molecule has 0 bridgehead atoms. The lowest BCUT2D eigenvalue weighted by Crippen LogP contribution is -2.30. The van der Waals surface area contributed by atoms with Gasteiger partial charge in [0.1, 0.15) is 5.82 Å². The van der Waals surface area contributed by atoms with Crippen molar-refractivity contribution in [2.75, 3.05) is 39.4 Å². The van der Waals surface area contributed by atoms with E-state index in [0.717, 1.165) is 38.0 Å². The van der Waals surface area contributed by atoms with Crippen LogP contribution in [0.3, 0.4) is 0 Å². The zero-order valence-electron chi connectivity index (χ0n) is 15.9. The van der Waals surface area contributed by atoms with Gasteiger partial charge in [0.2, 0.25) is 5.91 Å². The number of carbonyl (C=O) groups is 1. The molecule has 142 valence electrons. The van der Waals surface area contributed by atoms with Gasteiger partial charge >= 0.3 is 0 Å². The second-order valence-corrected chi connectivity index (χ2v) is 6.23. The van der Waals surface area contributed by atoms with Gasteiger partial charge in [0.25, 0.3) is 0 Å². The van der Waals surface area contributed by atoms with Crippen molar-refractivity contribution in [3.63, 3.8) is 0 Å². The zero-order valence-corrected chi connectivity index (χ0v) is 15.9. The van der Waals surface area contributed by atoms with Crippen molar-refractivity contribution in [1.82, 2.24) is 10.2 Å². The minimum Gasteiger partial charge on any atom is -0.378 e. The number of halogens is 1. The van der Waals surface area contributed by atoms with Crippen LogP contribution >= 0.6 is 0 Å². The van der Waals surface area contributed by atoms with E-state index in [1.807, 2.05) is 0 Å². The standard InChI is InChI=1S/C20H33FN2O2/c1-4-7-18(17-8-10-19(21)11-9-17)16-20(24)22-12-14-25-15-13-23(5-2)6-3/h8-11,18H,4-7,12-16H2,1-3H3,(H,22,24). The Labute approximate surface area is 151 Å². The summed E-state index contributed by atoms with van der Waals surface area (Å²) in [5.74, 6) is -0.0883. The topological polar surface area (TPSA) is 41.6 Å². The van der Waals surface area contributed by atoms with Crippen LogP contribution < -0.4 is 5.32 Å². The van der Waals surface area contributed by atoms with Crippen molar-refractivity contribution < 1.29 is 13.9 Å². The summed E-state index contributed by atoms with van der Waals surface area (Å²) in [6, 6.07) is 6.47. The first-order chi connectivity index (χ1) is 12.1. The molecular formula is C20H33FN2O2. The normalized spacial score (nSPS) is 12.4. The van der Waals surface area contributed by atoms with Crippen LogP contribution in [0.4, 0.5) is 4.39 Å². The number of nitrogens with one attached hydrogen (secondary N) is 1. The van der Waals surface area contributed by atoms with Crippen LogP contribution in [0.2, 0.25) is 0 Å². The maximum absolute atomic E-state index is 13.1. The van der Waals surface area contributed by atoms with E-state index in [4.69, 9.17) is 4.74 Å². The van der Waals surface area contributed by atoms with Crippen molar-refractivity contribution in [2.24, 2.45) is 0 Å². The van der Waals surface area contributed by atoms with Gasteiger partial charge in [-0.15, -0.1) is 0 Å². The van der Waals surface area contributed by atoms with E-state index < -0.39 is 0 Å². The Morgan fingerprint density at radius 3 is 2.44 bits per heavy atom. The Morgan fingerprint density at radius 2 is 1.84 bits per heavy atom. The van der Waals surface area contributed by atoms with E-state index in [0.29, 0.717) is 26.2 Å². The van der Waals surface area contributed by atoms with Gasteiger partial charge in [0.05, 0.1) is 13.2 Å². The average Bonchev–Trinajstić information content (AvgIpc) is 2.61. The minimum atomic E-state index is -0.245. The lowest BCUT2D eigenvalue weighted by atomic mass is 9.91. The molecule has 5 heteroatoms. The van der Waals surface area contributed by atoms with Crippen LogP contribution in [0.15, 0.2) is 24.3 Å². The predicted molar refractivity (Wildman–Crippen MR) is 100 cm³/mol. The molecule has 4 nitrogen and oxygen atoms in total. The lowest BCUT2D eigenvalue weighted by Gasteiger charge is -2.18. The number of rotatable bonds is 13. The number of nitrogens with zero attached hydrogens (tertiary/aromatic N) is 1. The molecule has 0 radical (unpaired) electrons. The fourth-order valence-electron chi connectivity index (χ4n) is 2.86. The third-order valence-corrected chi connectivity index (χ3v) is 4.43. The number of hydrogen-bond acceptors (Lipinski definition) is 3. The van der Waals surface area contributed by atoms with Crippen LogP contribution in [0.25, 0.3) is 0 Å². The van der Waals surface area contributed by atoms with E-state index in [9.17, 15) is 9.18 Å². The van der Waals surface area contributed by atoms with Gasteiger partial charge in [0.15, 0.2) is 0 Å². The largest absolute Gasteiger partial charge is 0.378 e. The first-order valence-corrected chi connectivity index (χ1v) is 9.42. The van der Waals surface area contributed by atoms with E-state index in [2.05, 4.69) is 31.0 Å². The van der Waals surface area contributed by atoms with Crippen LogP contribution in [-0.2, 0) is 9.53 Å². The fraction of sp³-hybridized carbons (Fsp3) is 0.650. The van der Waals surface area contributed by atoms with Gasteiger partial charge in [-0.1, -0.05) is 39.3 Å². The Kier molecular flexibility index (Phi) is 11.1. The fourth-order valence-corrected chi connectivity index (χ4v) is 2.86. The SMILES string of the molecule is CCCC(CC(=O)NCCOCCN(CC)CC)c1ccc(F)cc1. The Morgan fingerprint density at radius 1 is 1.16 bits per heavy atom. The van der Waals surface area contributed by atoms with Crippen LogP contribution in [-0.4, -0.2) is 50.2 Å². The summed E-state index contributed by atoms with van der Waals surface area (Å²) in [6.07, 6.45) is 2.34. The van der Waals surface area contributed by atoms with Crippen molar-refractivity contribution in [3.05, 3.63) is 35.6 Å². The molecule has 1 aromatic rings. The first-order valence-electron chi connectivity index (χ1n) is 9.42. The average molecular weight is 352 g/mol. The second-order valence-electron chi connectivity index (χ2n) is 6.23. The third kappa shape index (κ3) is 8.98. The third-order valence-electron chi connectivity index (χ3n) is 4.43. The molecule has 0 spiro atoms. The number of benzene rings is 1. The van der Waals surface area contributed by atoms with Crippen molar-refractivity contribution in [1.29, 1.82) is 0 Å². The van der Waals surface area contributed by atoms with Crippen molar-refractivity contribution in [2.45, 2.75) is 46.0 Å². The van der Waals surface area contributed by atoms with E-state index in [1.165, 1.54) is 12.1 Å². The molecular weight excluding hydrogens is 319 g/mol. The molecule has 1 N–H and O–H groups in total. The Balaban J connectivity index is 2.27. The number of amides is 1. The summed E-state index contributed by atoms with van der Waals surface area (Å²) < 4.78 is 18.6. The first kappa shape index (κ1) is 21.6. The summed E-state index contributed by atoms with van der Waals surface area (Å²) in [4.78, 5) is 14.5. The number of likely N-dealkylation sites (N-methyl/N-ethyl adjacent to an activating group) is 1. The van der Waals surface area contributed by atoms with E-state index >= 15 is 0 Å². The van der Waals surface area contributed by atoms with Crippen molar-refractivity contribution in [3.8, 4) is 0 Å². The second kappa shape index (κ2) is 12.8. The van der Waals surface area contributed by atoms with Crippen molar-refractivity contribution >= 4 is 5.91 Å². The maximum Gasteiger partial charge on any atom is 0.220 e. The predicted octanol–water partition coefficient (Wildman–Crippen LogP) is 3.57. The Bertz CT molecular complexity index is 475. The molecule has 1 aromatic carbocycles. The van der Waals surface area contributed by atoms with Crippen LogP contribution in [0.5, 0.6) is 0 Å². The Hall–Kier alpha value is -1.46. The summed E-state index contributed by atoms with van der Waals surface area (Å²) >= 11 is 0. The quantitative estimate of drug-likeness (QED) is 0.552. The highest BCUT2D eigenvalue weighted by molar-refractivity contribution is 5.76. The highest BCUT2D eigenvalue weighted by Gasteiger charge is 2.15. The molecule has 0 aliphatic heterocycles. The smallest absolute Gasteiger partial charge is 0.220 e. The number of ether oxygens (including phenoxy) is 1. The van der Waals surface area contributed by atoms with Gasteiger partial charge in [-0.2, -0.15) is 0 Å². The van der Waals surface area contributed by atoms with Gasteiger partial charge in [0, 0.05) is 19.5 Å². The molecule has 0 aliphatic rings. The van der Waals surface area contributed by atoms with E-state index in [1.54, 1.807) is 12.1 Å². The zero-order chi connectivity index (χ0) is 18.5. The molecule has 1 amide bonds. The summed E-state index contributed by atoms with van der Waals surface area (Å²) in [6.45, 7) is 11.1. The molecule has 0 aliphatic carbocycles. The van der Waals surface area contributed by atoms with Gasteiger partial charge < -0.3 is 15.0 Å². The molecule has 0 saturated carbocycles.